The zero-order valence-electron chi connectivity index (χ0n) is 32.1. The van der Waals surface area contributed by atoms with E-state index in [1.807, 2.05) is 110 Å². The van der Waals surface area contributed by atoms with Gasteiger partial charge < -0.3 is 28.9 Å². The Hall–Kier alpha value is -5.67. The van der Waals surface area contributed by atoms with E-state index in [1.165, 1.54) is 11.1 Å². The van der Waals surface area contributed by atoms with Gasteiger partial charge in [-0.15, -0.1) is 0 Å². The van der Waals surface area contributed by atoms with Crippen LogP contribution in [0.3, 0.4) is 0 Å². The van der Waals surface area contributed by atoms with E-state index in [0.29, 0.717) is 42.9 Å². The highest BCUT2D eigenvalue weighted by molar-refractivity contribution is 6.08. The van der Waals surface area contributed by atoms with Crippen LogP contribution in [0.1, 0.15) is 61.2 Å². The van der Waals surface area contributed by atoms with Crippen LogP contribution in [0.15, 0.2) is 97.1 Å². The summed E-state index contributed by atoms with van der Waals surface area (Å²) in [5.41, 5.74) is 9.91. The zero-order valence-corrected chi connectivity index (χ0v) is 32.1. The first-order valence-electron chi connectivity index (χ1n) is 18.7. The summed E-state index contributed by atoms with van der Waals surface area (Å²) < 4.78 is 7.84. The molecule has 1 atom stereocenters. The number of hydrogen-bond donors (Lipinski definition) is 0. The molecule has 0 N–H and O–H groups in total. The summed E-state index contributed by atoms with van der Waals surface area (Å²) in [6, 6.07) is 31.6. The Morgan fingerprint density at radius 3 is 2.22 bits per heavy atom. The van der Waals surface area contributed by atoms with E-state index in [0.717, 1.165) is 58.7 Å². The van der Waals surface area contributed by atoms with Crippen molar-refractivity contribution in [2.24, 2.45) is 7.05 Å². The molecule has 0 saturated carbocycles. The van der Waals surface area contributed by atoms with Gasteiger partial charge in [0.1, 0.15) is 5.75 Å². The molecule has 54 heavy (non-hydrogen) atoms. The number of aromatic nitrogens is 1. The molecule has 7 rings (SSSR count). The average molecular weight is 724 g/mol. The van der Waals surface area contributed by atoms with Crippen LogP contribution in [-0.2, 0) is 39.4 Å². The fraction of sp³-hybridized carbons (Fsp3) is 0.311. The van der Waals surface area contributed by atoms with Crippen molar-refractivity contribution in [3.63, 3.8) is 0 Å². The van der Waals surface area contributed by atoms with Crippen LogP contribution in [0.4, 0.5) is 10.5 Å². The highest BCUT2D eigenvalue weighted by Gasteiger charge is 2.32. The van der Waals surface area contributed by atoms with Crippen molar-refractivity contribution in [2.75, 3.05) is 39.1 Å². The van der Waals surface area contributed by atoms with Gasteiger partial charge in [0.2, 0.25) is 0 Å². The van der Waals surface area contributed by atoms with Crippen molar-refractivity contribution >= 4 is 23.6 Å². The van der Waals surface area contributed by atoms with Crippen LogP contribution in [0.5, 0.6) is 5.75 Å². The number of ether oxygens (including phenoxy) is 1. The fourth-order valence-corrected chi connectivity index (χ4v) is 7.63. The second kappa shape index (κ2) is 15.4. The Balaban J connectivity index is 1.21. The molecule has 0 spiro atoms. The molecular weight excluding hydrogens is 675 g/mol. The Bertz CT molecular complexity index is 2190. The van der Waals surface area contributed by atoms with Gasteiger partial charge in [0.25, 0.3) is 11.8 Å². The number of para-hydroxylation sites is 1. The standard InChI is InChI=1S/C45H49N5O4/c1-30-24-33-12-10-11-13-35(33)29-50(30)44(52)41-26-36-28-49(45(53)54-38-18-16-32(17-19-38)20-22-46(3)4)23-21-34(36)25-40(41)42-27-39(31(2)47(42)5)43(51)48(6)37-14-8-7-9-15-37/h7-19,25-27,30H,20-24,28-29H2,1-6H3/t30-/m1/s1. The van der Waals surface area contributed by atoms with Gasteiger partial charge >= 0.3 is 6.09 Å². The van der Waals surface area contributed by atoms with E-state index < -0.39 is 6.09 Å². The van der Waals surface area contributed by atoms with Crippen LogP contribution in [-0.4, -0.2) is 77.4 Å². The molecule has 0 radical (unpaired) electrons. The predicted octanol–water partition coefficient (Wildman–Crippen LogP) is 7.53. The van der Waals surface area contributed by atoms with Gasteiger partial charge in [-0.2, -0.15) is 0 Å². The minimum atomic E-state index is -0.413. The van der Waals surface area contributed by atoms with Gasteiger partial charge in [0.15, 0.2) is 0 Å². The van der Waals surface area contributed by atoms with Crippen molar-refractivity contribution in [1.29, 1.82) is 0 Å². The molecular formula is C45H49N5O4. The van der Waals surface area contributed by atoms with E-state index >= 15 is 0 Å². The SMILES string of the molecule is Cc1c(C(=O)N(C)c2ccccc2)cc(-c2cc3c(cc2C(=O)N2Cc4ccccc4C[C@H]2C)CN(C(=O)Oc2ccc(CCN(C)C)cc2)CC3)n1C. The normalized spacial score (nSPS) is 15.1. The molecule has 0 aliphatic carbocycles. The smallest absolute Gasteiger partial charge is 0.410 e. The predicted molar refractivity (Wildman–Crippen MR) is 213 cm³/mol. The quantitative estimate of drug-likeness (QED) is 0.166. The fourth-order valence-electron chi connectivity index (χ4n) is 7.63. The van der Waals surface area contributed by atoms with Crippen LogP contribution in [0, 0.1) is 6.92 Å². The molecule has 5 aromatic rings. The van der Waals surface area contributed by atoms with Crippen molar-refractivity contribution < 1.29 is 19.1 Å². The van der Waals surface area contributed by atoms with E-state index in [9.17, 15) is 14.4 Å². The van der Waals surface area contributed by atoms with Gasteiger partial charge in [0, 0.05) is 74.5 Å². The lowest BCUT2D eigenvalue weighted by atomic mass is 9.90. The first-order valence-corrected chi connectivity index (χ1v) is 18.7. The molecule has 4 aromatic carbocycles. The molecule has 2 aliphatic heterocycles. The monoisotopic (exact) mass is 723 g/mol. The second-order valence-corrected chi connectivity index (χ2v) is 14.9. The number of carbonyl (C=O) groups excluding carboxylic acids is 3. The van der Waals surface area contributed by atoms with Crippen LogP contribution < -0.4 is 9.64 Å². The molecule has 3 amide bonds. The van der Waals surface area contributed by atoms with Gasteiger partial charge in [-0.05, 0) is 117 Å². The zero-order chi connectivity index (χ0) is 38.1. The number of nitrogens with zero attached hydrogens (tertiary/aromatic N) is 5. The van der Waals surface area contributed by atoms with Crippen molar-refractivity contribution in [1.82, 2.24) is 19.3 Å². The maximum Gasteiger partial charge on any atom is 0.415 e. The summed E-state index contributed by atoms with van der Waals surface area (Å²) >= 11 is 0. The number of benzene rings is 4. The van der Waals surface area contributed by atoms with E-state index in [2.05, 4.69) is 36.1 Å². The minimum Gasteiger partial charge on any atom is -0.410 e. The Morgan fingerprint density at radius 1 is 0.796 bits per heavy atom. The van der Waals surface area contributed by atoms with Gasteiger partial charge in [-0.25, -0.2) is 4.79 Å². The third-order valence-electron chi connectivity index (χ3n) is 11.1. The first kappa shape index (κ1) is 36.7. The molecule has 0 bridgehead atoms. The highest BCUT2D eigenvalue weighted by Crippen LogP contribution is 2.36. The Morgan fingerprint density at radius 2 is 1.50 bits per heavy atom. The number of anilines is 1. The maximum atomic E-state index is 14.8. The topological polar surface area (TPSA) is 78.3 Å². The van der Waals surface area contributed by atoms with Crippen molar-refractivity contribution in [3.8, 4) is 17.0 Å². The van der Waals surface area contributed by atoms with Crippen LogP contribution in [0.25, 0.3) is 11.3 Å². The highest BCUT2D eigenvalue weighted by atomic mass is 16.6. The number of carbonyl (C=O) groups is 3. The van der Waals surface area contributed by atoms with E-state index in [4.69, 9.17) is 4.74 Å². The molecule has 0 saturated heterocycles. The lowest BCUT2D eigenvalue weighted by Gasteiger charge is -2.36. The number of hydrogen-bond acceptors (Lipinski definition) is 5. The Labute approximate surface area is 318 Å². The molecule has 2 aliphatic rings. The van der Waals surface area contributed by atoms with E-state index in [-0.39, 0.29) is 17.9 Å². The molecule has 0 fully saturated rings. The molecule has 278 valence electrons. The van der Waals surface area contributed by atoms with Crippen LogP contribution >= 0.6 is 0 Å². The van der Waals surface area contributed by atoms with Crippen molar-refractivity contribution in [2.45, 2.75) is 52.2 Å². The Kier molecular flexibility index (Phi) is 10.4. The van der Waals surface area contributed by atoms with Gasteiger partial charge in [0.05, 0.1) is 5.56 Å². The summed E-state index contributed by atoms with van der Waals surface area (Å²) in [6.45, 7) is 6.30. The van der Waals surface area contributed by atoms with Crippen molar-refractivity contribution in [3.05, 3.63) is 142 Å². The maximum absolute atomic E-state index is 14.8. The summed E-state index contributed by atoms with van der Waals surface area (Å²) in [6.07, 6.45) is 1.88. The molecule has 0 unspecified atom stereocenters. The summed E-state index contributed by atoms with van der Waals surface area (Å²) in [5.74, 6) is 0.314. The average Bonchev–Trinajstić information content (AvgIpc) is 3.48. The summed E-state index contributed by atoms with van der Waals surface area (Å²) in [4.78, 5) is 49.7. The molecule has 9 heteroatoms. The third kappa shape index (κ3) is 7.41. The summed E-state index contributed by atoms with van der Waals surface area (Å²) in [5, 5.41) is 0. The van der Waals surface area contributed by atoms with Gasteiger partial charge in [-0.1, -0.05) is 54.6 Å². The first-order chi connectivity index (χ1) is 26.0. The molecule has 1 aromatic heterocycles. The number of rotatable bonds is 8. The second-order valence-electron chi connectivity index (χ2n) is 14.9. The van der Waals surface area contributed by atoms with Gasteiger partial charge in [-0.3, -0.25) is 9.59 Å². The van der Waals surface area contributed by atoms with E-state index in [1.54, 1.807) is 16.8 Å². The molecule has 9 nitrogen and oxygen atoms in total. The summed E-state index contributed by atoms with van der Waals surface area (Å²) in [7, 11) is 7.83. The third-order valence-corrected chi connectivity index (χ3v) is 11.1. The lowest BCUT2D eigenvalue weighted by Crippen LogP contribution is -2.43. The minimum absolute atomic E-state index is 0.0103. The largest absolute Gasteiger partial charge is 0.415 e. The lowest BCUT2D eigenvalue weighted by molar-refractivity contribution is 0.0658. The number of likely N-dealkylation sites (N-methyl/N-ethyl adjacent to an activating group) is 1. The number of amides is 3. The molecule has 3 heterocycles. The van der Waals surface area contributed by atoms with Crippen LogP contribution in [0.2, 0.25) is 0 Å². The number of fused-ring (bicyclic) bond motifs is 2.